The molecule has 1 aromatic carbocycles. The van der Waals surface area contributed by atoms with E-state index in [4.69, 9.17) is 23.2 Å². The Morgan fingerprint density at radius 1 is 1.29 bits per heavy atom. The molecular weight excluding hydrogens is 329 g/mol. The minimum absolute atomic E-state index is 0.0477. The normalized spacial score (nSPS) is 22.0. The quantitative estimate of drug-likeness (QED) is 0.854. The lowest BCUT2D eigenvalue weighted by molar-refractivity contribution is -0.119. The first-order valence-electron chi connectivity index (χ1n) is 7.03. The van der Waals surface area contributed by atoms with Crippen molar-refractivity contribution in [3.05, 3.63) is 33.8 Å². The summed E-state index contributed by atoms with van der Waals surface area (Å²) in [4.78, 5) is 11.9. The molecule has 6 heteroatoms. The van der Waals surface area contributed by atoms with Crippen LogP contribution in [0.1, 0.15) is 31.2 Å². The number of amides is 1. The zero-order valence-corrected chi connectivity index (χ0v) is 14.0. The average Bonchev–Trinajstić information content (AvgIpc) is 2.44. The zero-order valence-electron chi connectivity index (χ0n) is 11.6. The van der Waals surface area contributed by atoms with Gasteiger partial charge in [0.25, 0.3) is 0 Å². The van der Waals surface area contributed by atoms with Gasteiger partial charge in [0.2, 0.25) is 5.91 Å². The van der Waals surface area contributed by atoms with E-state index in [1.807, 2.05) is 6.07 Å². The van der Waals surface area contributed by atoms with Crippen LogP contribution in [0.25, 0.3) is 0 Å². The Morgan fingerprint density at radius 2 is 2.00 bits per heavy atom. The number of hydrogen-bond donors (Lipinski definition) is 2. The van der Waals surface area contributed by atoms with Crippen LogP contribution in [-0.2, 0) is 10.5 Å². The smallest absolute Gasteiger partial charge is 0.230 e. The van der Waals surface area contributed by atoms with Gasteiger partial charge in [-0.25, -0.2) is 0 Å². The third-order valence-electron chi connectivity index (χ3n) is 3.57. The van der Waals surface area contributed by atoms with Gasteiger partial charge in [-0.2, -0.15) is 0 Å². The second-order valence-electron chi connectivity index (χ2n) is 5.30. The van der Waals surface area contributed by atoms with Gasteiger partial charge in [0.15, 0.2) is 0 Å². The number of halogens is 2. The molecule has 21 heavy (non-hydrogen) atoms. The summed E-state index contributed by atoms with van der Waals surface area (Å²) in [6.45, 7) is 0. The van der Waals surface area contributed by atoms with Crippen LogP contribution in [0, 0.1) is 0 Å². The van der Waals surface area contributed by atoms with Gasteiger partial charge in [-0.3, -0.25) is 4.79 Å². The third kappa shape index (κ3) is 5.70. The lowest BCUT2D eigenvalue weighted by Gasteiger charge is -2.26. The molecule has 3 nitrogen and oxygen atoms in total. The standard InChI is InChI=1S/C15H19Cl2NO2S/c16-11-2-1-10(14(17)7-11)8-21-9-15(20)18-12-3-5-13(19)6-4-12/h1-2,7,12-13,19H,3-6,8-9H2,(H,18,20). The summed E-state index contributed by atoms with van der Waals surface area (Å²) >= 11 is 13.5. The van der Waals surface area contributed by atoms with E-state index in [0.29, 0.717) is 21.6 Å². The SMILES string of the molecule is O=C(CSCc1ccc(Cl)cc1Cl)NC1CCC(O)CC1. The van der Waals surface area contributed by atoms with Gasteiger partial charge < -0.3 is 10.4 Å². The van der Waals surface area contributed by atoms with Crippen molar-refractivity contribution in [3.8, 4) is 0 Å². The molecule has 0 radical (unpaired) electrons. The van der Waals surface area contributed by atoms with Crippen LogP contribution in [0.2, 0.25) is 10.0 Å². The summed E-state index contributed by atoms with van der Waals surface area (Å²) in [5.41, 5.74) is 0.986. The summed E-state index contributed by atoms with van der Waals surface area (Å²) < 4.78 is 0. The van der Waals surface area contributed by atoms with E-state index in [1.165, 1.54) is 11.8 Å². The van der Waals surface area contributed by atoms with Crippen molar-refractivity contribution in [2.75, 3.05) is 5.75 Å². The van der Waals surface area contributed by atoms with E-state index in [1.54, 1.807) is 12.1 Å². The van der Waals surface area contributed by atoms with E-state index >= 15 is 0 Å². The van der Waals surface area contributed by atoms with E-state index < -0.39 is 0 Å². The molecule has 2 N–H and O–H groups in total. The summed E-state index contributed by atoms with van der Waals surface area (Å²) in [6.07, 6.45) is 3.08. The molecule has 2 rings (SSSR count). The second kappa shape index (κ2) is 8.28. The maximum absolute atomic E-state index is 11.9. The first-order valence-corrected chi connectivity index (χ1v) is 8.95. The van der Waals surface area contributed by atoms with Gasteiger partial charge in [-0.15, -0.1) is 11.8 Å². The Bertz CT molecular complexity index is 491. The van der Waals surface area contributed by atoms with Gasteiger partial charge in [-0.05, 0) is 43.4 Å². The minimum Gasteiger partial charge on any atom is -0.393 e. The molecule has 1 aliphatic carbocycles. The molecule has 1 aliphatic rings. The zero-order chi connectivity index (χ0) is 15.2. The van der Waals surface area contributed by atoms with E-state index in [0.717, 1.165) is 31.2 Å². The Labute approximate surface area is 139 Å². The van der Waals surface area contributed by atoms with Crippen LogP contribution in [-0.4, -0.2) is 28.9 Å². The summed E-state index contributed by atoms with van der Waals surface area (Å²) in [6, 6.07) is 5.61. The van der Waals surface area contributed by atoms with Gasteiger partial charge in [-0.1, -0.05) is 29.3 Å². The van der Waals surface area contributed by atoms with Gasteiger partial charge >= 0.3 is 0 Å². The van der Waals surface area contributed by atoms with E-state index in [-0.39, 0.29) is 18.1 Å². The highest BCUT2D eigenvalue weighted by molar-refractivity contribution is 7.99. The van der Waals surface area contributed by atoms with Crippen LogP contribution in [0.4, 0.5) is 0 Å². The summed E-state index contributed by atoms with van der Waals surface area (Å²) in [7, 11) is 0. The number of rotatable bonds is 5. The number of carbonyl (C=O) groups is 1. The Hall–Kier alpha value is -0.420. The van der Waals surface area contributed by atoms with Crippen LogP contribution >= 0.6 is 35.0 Å². The molecule has 0 unspecified atom stereocenters. The molecule has 1 aromatic rings. The molecule has 116 valence electrons. The van der Waals surface area contributed by atoms with Gasteiger partial charge in [0.1, 0.15) is 0 Å². The number of hydrogen-bond acceptors (Lipinski definition) is 3. The van der Waals surface area contributed by atoms with Crippen molar-refractivity contribution >= 4 is 40.9 Å². The molecule has 0 aromatic heterocycles. The maximum atomic E-state index is 11.9. The Kier molecular flexibility index (Phi) is 6.68. The first kappa shape index (κ1) is 16.9. The maximum Gasteiger partial charge on any atom is 0.230 e. The monoisotopic (exact) mass is 347 g/mol. The topological polar surface area (TPSA) is 49.3 Å². The fourth-order valence-electron chi connectivity index (χ4n) is 2.38. The van der Waals surface area contributed by atoms with Crippen molar-refractivity contribution in [3.63, 3.8) is 0 Å². The highest BCUT2D eigenvalue weighted by atomic mass is 35.5. The number of nitrogens with one attached hydrogen (secondary N) is 1. The van der Waals surface area contributed by atoms with Crippen molar-refractivity contribution in [1.82, 2.24) is 5.32 Å². The molecule has 1 saturated carbocycles. The van der Waals surface area contributed by atoms with Crippen molar-refractivity contribution < 1.29 is 9.90 Å². The summed E-state index contributed by atoms with van der Waals surface area (Å²) in [5, 5.41) is 13.7. The molecule has 0 saturated heterocycles. The lowest BCUT2D eigenvalue weighted by atomic mass is 9.93. The molecule has 0 aliphatic heterocycles. The van der Waals surface area contributed by atoms with E-state index in [9.17, 15) is 9.90 Å². The highest BCUT2D eigenvalue weighted by Crippen LogP contribution is 2.24. The molecular formula is C15H19Cl2NO2S. The highest BCUT2D eigenvalue weighted by Gasteiger charge is 2.20. The lowest BCUT2D eigenvalue weighted by Crippen LogP contribution is -2.39. The predicted octanol–water partition coefficient (Wildman–Crippen LogP) is 3.65. The Balaban J connectivity index is 1.69. The van der Waals surface area contributed by atoms with Crippen molar-refractivity contribution in [1.29, 1.82) is 0 Å². The number of carbonyl (C=O) groups excluding carboxylic acids is 1. The average molecular weight is 348 g/mol. The van der Waals surface area contributed by atoms with Crippen LogP contribution in [0.3, 0.4) is 0 Å². The van der Waals surface area contributed by atoms with Crippen molar-refractivity contribution in [2.24, 2.45) is 0 Å². The van der Waals surface area contributed by atoms with Gasteiger partial charge in [0, 0.05) is 21.8 Å². The third-order valence-corrected chi connectivity index (χ3v) is 5.14. The predicted molar refractivity (Wildman–Crippen MR) is 89.0 cm³/mol. The van der Waals surface area contributed by atoms with Crippen LogP contribution in [0.15, 0.2) is 18.2 Å². The molecule has 0 spiro atoms. The fourth-order valence-corrected chi connectivity index (χ4v) is 3.78. The number of thioether (sulfide) groups is 1. The number of benzene rings is 1. The largest absolute Gasteiger partial charge is 0.393 e. The second-order valence-corrected chi connectivity index (χ2v) is 7.13. The van der Waals surface area contributed by atoms with E-state index in [2.05, 4.69) is 5.32 Å². The van der Waals surface area contributed by atoms with Crippen LogP contribution in [0.5, 0.6) is 0 Å². The molecule has 0 atom stereocenters. The number of aliphatic hydroxyl groups is 1. The molecule has 0 heterocycles. The fraction of sp³-hybridized carbons (Fsp3) is 0.533. The first-order chi connectivity index (χ1) is 10.0. The molecule has 1 amide bonds. The van der Waals surface area contributed by atoms with Crippen molar-refractivity contribution in [2.45, 2.75) is 43.6 Å². The molecule has 1 fully saturated rings. The van der Waals surface area contributed by atoms with Gasteiger partial charge in [0.05, 0.1) is 11.9 Å². The molecule has 0 bridgehead atoms. The van der Waals surface area contributed by atoms with Crippen LogP contribution < -0.4 is 5.32 Å². The minimum atomic E-state index is -0.195. The Morgan fingerprint density at radius 3 is 2.67 bits per heavy atom. The number of aliphatic hydroxyl groups excluding tert-OH is 1. The summed E-state index contributed by atoms with van der Waals surface area (Å²) in [5.74, 6) is 1.15.